The minimum Gasteiger partial charge on any atom is -0.505 e. The lowest BCUT2D eigenvalue weighted by molar-refractivity contribution is 0.102. The third kappa shape index (κ3) is 10.7. The number of nitrogens with zero attached hydrogens (tertiary/aromatic N) is 4. The fourth-order valence-corrected chi connectivity index (χ4v) is 9.39. The number of hydrogen-bond acceptors (Lipinski definition) is 19. The summed E-state index contributed by atoms with van der Waals surface area (Å²) in [5, 5.41) is 30.9. The van der Waals surface area contributed by atoms with E-state index in [0.29, 0.717) is 46.6 Å². The molecule has 6 aromatic carbocycles. The Labute approximate surface area is 376 Å². The van der Waals surface area contributed by atoms with Crippen molar-refractivity contribution in [2.45, 2.75) is 26.5 Å². The van der Waals surface area contributed by atoms with Gasteiger partial charge in [-0.25, -0.2) is 8.42 Å². The van der Waals surface area contributed by atoms with Crippen molar-refractivity contribution < 1.29 is 62.0 Å². The van der Waals surface area contributed by atoms with Crippen molar-refractivity contribution in [2.75, 3.05) is 47.3 Å². The highest BCUT2D eigenvalue weighted by Gasteiger charge is 2.29. The zero-order valence-corrected chi connectivity index (χ0v) is 37.4. The lowest BCUT2D eigenvalue weighted by Crippen LogP contribution is -2.12. The molecule has 0 aliphatic rings. The van der Waals surface area contributed by atoms with Crippen molar-refractivity contribution in [1.82, 2.24) is 0 Å². The highest BCUT2D eigenvalue weighted by atomic mass is 32.2. The number of carbonyl (C=O) groups excluding carboxylic acids is 1. The summed E-state index contributed by atoms with van der Waals surface area (Å²) in [5.74, 6) is -2.30. The van der Waals surface area contributed by atoms with Crippen LogP contribution in [0.15, 0.2) is 131 Å². The minimum absolute atomic E-state index is 0.0266. The monoisotopic (exact) mass is 983 g/mol. The lowest BCUT2D eigenvalue weighted by atomic mass is 10.0. The SMILES string of the molecule is COCCS(=O)(=O)c1ccc(N=Nc2cc(S(=O)(=O)O)c3cc(S(=O)(=O)O)c(N=Nc4ccc(C(=O)Nc5ccc(Nc6cc(C)c(N)cc6N)cc5)cc4)c(O)c3c2N)c(S(=O)(=O)O)c1. The van der Waals surface area contributed by atoms with Gasteiger partial charge in [0.25, 0.3) is 36.3 Å². The number of phenols is 1. The number of rotatable bonds is 15. The standard InChI is InChI=1S/C39H37N9O14S4/c1-20-15-30(28(41)18-27(20)40)43-22-7-9-23(10-8-22)44-39(50)21-3-5-24(6-4-21)45-48-37-34(66(59,60)61)17-26-32(64(53,54)55)19-31(36(42)35(26)38(37)49)47-46-29-12-11-25(16-33(29)65(56,57)58)63(51,52)14-13-62-2/h3-12,15-19,43,49H,13-14,40-42H2,1-2H3,(H,44,50)(H,53,54,55)(H,56,57,58)(H,59,60,61). The average Bonchev–Trinajstić information content (AvgIpc) is 3.23. The van der Waals surface area contributed by atoms with Crippen LogP contribution in [0.3, 0.4) is 0 Å². The molecule has 0 saturated carbocycles. The maximum atomic E-state index is 13.1. The molecule has 0 unspecified atom stereocenters. The molecule has 346 valence electrons. The van der Waals surface area contributed by atoms with E-state index in [9.17, 15) is 57.2 Å². The smallest absolute Gasteiger partial charge is 0.296 e. The van der Waals surface area contributed by atoms with E-state index < -0.39 is 111 Å². The summed E-state index contributed by atoms with van der Waals surface area (Å²) >= 11 is 0. The van der Waals surface area contributed by atoms with Crippen LogP contribution in [-0.2, 0) is 44.9 Å². The van der Waals surface area contributed by atoms with E-state index in [1.54, 1.807) is 36.4 Å². The van der Waals surface area contributed by atoms with Crippen molar-refractivity contribution in [1.29, 1.82) is 0 Å². The van der Waals surface area contributed by atoms with Crippen LogP contribution >= 0.6 is 0 Å². The van der Waals surface area contributed by atoms with E-state index in [2.05, 4.69) is 31.1 Å². The third-order valence-electron chi connectivity index (χ3n) is 9.52. The zero-order chi connectivity index (χ0) is 48.5. The summed E-state index contributed by atoms with van der Waals surface area (Å²) in [6.07, 6.45) is 0. The summed E-state index contributed by atoms with van der Waals surface area (Å²) < 4.78 is 135. The summed E-state index contributed by atoms with van der Waals surface area (Å²) in [4.78, 5) is 9.13. The number of fused-ring (bicyclic) bond motifs is 1. The van der Waals surface area contributed by atoms with E-state index in [4.69, 9.17) is 21.9 Å². The summed E-state index contributed by atoms with van der Waals surface area (Å²) in [6, 6.07) is 18.9. The first-order valence-electron chi connectivity index (χ1n) is 18.5. The van der Waals surface area contributed by atoms with E-state index in [1.807, 2.05) is 6.92 Å². The molecule has 23 nitrogen and oxygen atoms in total. The summed E-state index contributed by atoms with van der Waals surface area (Å²) in [5.41, 5.74) is 18.9. The first-order chi connectivity index (χ1) is 30.8. The van der Waals surface area contributed by atoms with E-state index in [-0.39, 0.29) is 17.9 Å². The quantitative estimate of drug-likeness (QED) is 0.0297. The van der Waals surface area contributed by atoms with Gasteiger partial charge in [-0.2, -0.15) is 30.4 Å². The van der Waals surface area contributed by atoms with Crippen LogP contribution in [-0.4, -0.2) is 77.8 Å². The number of benzene rings is 6. The molecule has 12 N–H and O–H groups in total. The van der Waals surface area contributed by atoms with Gasteiger partial charge in [0.2, 0.25) is 0 Å². The molecule has 0 saturated heterocycles. The van der Waals surface area contributed by atoms with Crippen molar-refractivity contribution in [3.8, 4) is 5.75 Å². The second kappa shape index (κ2) is 18.4. The Hall–Kier alpha value is -7.11. The Bertz CT molecular complexity index is 3460. The number of azo groups is 2. The van der Waals surface area contributed by atoms with Gasteiger partial charge in [0.05, 0.1) is 45.4 Å². The number of amides is 1. The van der Waals surface area contributed by atoms with E-state index >= 15 is 0 Å². The van der Waals surface area contributed by atoms with E-state index in [0.717, 1.165) is 17.7 Å². The molecular weight excluding hydrogens is 947 g/mol. The first kappa shape index (κ1) is 48.3. The lowest BCUT2D eigenvalue weighted by Gasteiger charge is -2.14. The van der Waals surface area contributed by atoms with Crippen LogP contribution in [0, 0.1) is 6.92 Å². The number of nitrogens with one attached hydrogen (secondary N) is 2. The fourth-order valence-electron chi connectivity index (χ4n) is 6.13. The number of methoxy groups -OCH3 is 1. The number of aromatic hydroxyl groups is 1. The van der Waals surface area contributed by atoms with Crippen molar-refractivity contribution in [2.24, 2.45) is 20.5 Å². The number of aryl methyl sites for hydroxylation is 1. The van der Waals surface area contributed by atoms with Crippen LogP contribution in [0.2, 0.25) is 0 Å². The molecule has 1 amide bonds. The first-order valence-corrected chi connectivity index (χ1v) is 24.4. The Morgan fingerprint density at radius 2 is 1.27 bits per heavy atom. The molecule has 0 aliphatic heterocycles. The molecule has 0 heterocycles. The zero-order valence-electron chi connectivity index (χ0n) is 34.1. The van der Waals surface area contributed by atoms with Crippen LogP contribution in [0.4, 0.5) is 56.9 Å². The molecule has 0 aliphatic carbocycles. The average molecular weight is 984 g/mol. The van der Waals surface area contributed by atoms with Crippen LogP contribution < -0.4 is 27.8 Å². The third-order valence-corrected chi connectivity index (χ3v) is 13.8. The second-order valence-corrected chi connectivity index (χ2v) is 20.3. The maximum absolute atomic E-state index is 13.1. The Kier molecular flexibility index (Phi) is 13.5. The summed E-state index contributed by atoms with van der Waals surface area (Å²) in [7, 11) is -18.8. The molecule has 0 radical (unpaired) electrons. The highest BCUT2D eigenvalue weighted by molar-refractivity contribution is 7.91. The Morgan fingerprint density at radius 1 is 0.667 bits per heavy atom. The van der Waals surface area contributed by atoms with Gasteiger partial charge in [-0.15, -0.1) is 15.3 Å². The number of phenolic OH excluding ortho intramolecular Hbond substituents is 1. The minimum atomic E-state index is -5.36. The maximum Gasteiger partial charge on any atom is 0.296 e. The molecule has 0 spiro atoms. The molecular formula is C39H37N9O14S4. The second-order valence-electron chi connectivity index (χ2n) is 14.1. The highest BCUT2D eigenvalue weighted by Crippen LogP contribution is 2.48. The molecule has 66 heavy (non-hydrogen) atoms. The fraction of sp³-hybridized carbons (Fsp3) is 0.103. The molecule has 27 heteroatoms. The molecule has 6 rings (SSSR count). The van der Waals surface area contributed by atoms with Crippen molar-refractivity contribution >= 4 is 114 Å². The molecule has 0 atom stereocenters. The number of nitrogens with two attached hydrogens (primary N) is 3. The van der Waals surface area contributed by atoms with Gasteiger partial charge in [0.1, 0.15) is 31.7 Å². The van der Waals surface area contributed by atoms with Gasteiger partial charge < -0.3 is 37.7 Å². The molecule has 0 fully saturated rings. The van der Waals surface area contributed by atoms with Gasteiger partial charge in [-0.1, -0.05) is 0 Å². The normalized spacial score (nSPS) is 12.6. The number of sulfone groups is 1. The molecule has 0 aromatic heterocycles. The number of anilines is 6. The Balaban J connectivity index is 1.32. The van der Waals surface area contributed by atoms with Gasteiger partial charge in [0, 0.05) is 35.1 Å². The van der Waals surface area contributed by atoms with E-state index in [1.165, 1.54) is 31.4 Å². The van der Waals surface area contributed by atoms with Crippen molar-refractivity contribution in [3.05, 3.63) is 102 Å². The van der Waals surface area contributed by atoms with Crippen molar-refractivity contribution in [3.63, 3.8) is 0 Å². The number of nitrogen functional groups attached to an aromatic ring is 3. The summed E-state index contributed by atoms with van der Waals surface area (Å²) in [6.45, 7) is 1.59. The number of ether oxygens (including phenoxy) is 1. The van der Waals surface area contributed by atoms with Gasteiger partial charge in [-0.3, -0.25) is 18.5 Å². The predicted molar refractivity (Wildman–Crippen MR) is 242 cm³/mol. The largest absolute Gasteiger partial charge is 0.505 e. The van der Waals surface area contributed by atoms with Crippen LogP contribution in [0.5, 0.6) is 5.75 Å². The molecule has 0 bridgehead atoms. The topological polar surface area (TPSA) is 395 Å². The van der Waals surface area contributed by atoms with Gasteiger partial charge in [0.15, 0.2) is 15.6 Å². The van der Waals surface area contributed by atoms with Gasteiger partial charge >= 0.3 is 0 Å². The van der Waals surface area contributed by atoms with Gasteiger partial charge in [-0.05, 0) is 103 Å². The predicted octanol–water partition coefficient (Wildman–Crippen LogP) is 6.59. The number of carbonyl (C=O) groups is 1. The number of hydrogen-bond donors (Lipinski definition) is 9. The van der Waals surface area contributed by atoms with Crippen LogP contribution in [0.25, 0.3) is 10.8 Å². The van der Waals surface area contributed by atoms with Crippen LogP contribution in [0.1, 0.15) is 15.9 Å². The Morgan fingerprint density at radius 3 is 1.88 bits per heavy atom. The molecule has 6 aromatic rings.